The van der Waals surface area contributed by atoms with Gasteiger partial charge in [0, 0.05) is 71.8 Å². The SMILES string of the molecule is COc1nc(-c2cccc(-c3ccnc(-c4cc(OC)c5nc(CN[C@H]6C[C@](C)(O)C6)nn5c4)c3Cl)c2Cl)ccc1CNC[C@H]1CCC(=O)N1. The predicted molar refractivity (Wildman–Crippen MR) is 191 cm³/mol. The van der Waals surface area contributed by atoms with E-state index < -0.39 is 5.60 Å². The molecule has 14 heteroatoms. The predicted octanol–water partition coefficient (Wildman–Crippen LogP) is 5.22. The molecule has 0 bridgehead atoms. The van der Waals surface area contributed by atoms with Gasteiger partial charge in [-0.3, -0.25) is 9.78 Å². The lowest BCUT2D eigenvalue weighted by Crippen LogP contribution is -2.51. The molecule has 1 saturated heterocycles. The number of nitrogens with zero attached hydrogens (tertiary/aromatic N) is 5. The number of rotatable bonds is 12. The molecule has 7 rings (SSSR count). The number of methoxy groups -OCH3 is 2. The second-order valence-electron chi connectivity index (χ2n) is 13.1. The van der Waals surface area contributed by atoms with E-state index in [-0.39, 0.29) is 18.0 Å². The second kappa shape index (κ2) is 14.1. The maximum Gasteiger partial charge on any atom is 0.220 e. The number of carbonyl (C=O) groups excluding carboxylic acids is 1. The van der Waals surface area contributed by atoms with Gasteiger partial charge in [0.2, 0.25) is 11.8 Å². The van der Waals surface area contributed by atoms with E-state index in [0.717, 1.165) is 23.1 Å². The summed E-state index contributed by atoms with van der Waals surface area (Å²) in [5.74, 6) is 1.72. The van der Waals surface area contributed by atoms with Gasteiger partial charge in [0.25, 0.3) is 0 Å². The van der Waals surface area contributed by atoms with E-state index in [1.807, 2.05) is 55.6 Å². The molecule has 1 aliphatic carbocycles. The average Bonchev–Trinajstić information content (AvgIpc) is 3.71. The third-order valence-electron chi connectivity index (χ3n) is 9.24. The summed E-state index contributed by atoms with van der Waals surface area (Å²) >= 11 is 14.2. The lowest BCUT2D eigenvalue weighted by atomic mass is 9.77. The number of halogens is 2. The summed E-state index contributed by atoms with van der Waals surface area (Å²) in [6.45, 7) is 3.52. The van der Waals surface area contributed by atoms with Gasteiger partial charge in [-0.25, -0.2) is 14.5 Å². The fourth-order valence-electron chi connectivity index (χ4n) is 6.67. The zero-order valence-corrected chi connectivity index (χ0v) is 29.5. The van der Waals surface area contributed by atoms with E-state index in [0.29, 0.717) is 94.6 Å². The van der Waals surface area contributed by atoms with Gasteiger partial charge in [0.15, 0.2) is 17.2 Å². The number of benzene rings is 1. The van der Waals surface area contributed by atoms with Crippen molar-refractivity contribution in [1.29, 1.82) is 0 Å². The standard InChI is InChI=1S/C36H38Cl2N8O4/c1-36(48)14-23(15-36)41-18-29-44-34-28(49-2)13-21(19-46(34)45-29)33-32(38)25(11-12-40-33)24-5-4-6-26(31(24)37)27-9-7-20(35(43-27)50-3)16-39-17-22-8-10-30(47)42-22/h4-7,9,11-13,19,22-23,39,41,48H,8,10,14-18H2,1-3H3,(H,42,47)/t22-,23-,36-/m1/s1. The highest BCUT2D eigenvalue weighted by atomic mass is 35.5. The van der Waals surface area contributed by atoms with Crippen LogP contribution in [0, 0.1) is 0 Å². The normalized spacial score (nSPS) is 20.2. The smallest absolute Gasteiger partial charge is 0.220 e. The number of ether oxygens (including phenoxy) is 2. The Kier molecular flexibility index (Phi) is 9.64. The van der Waals surface area contributed by atoms with Gasteiger partial charge in [0.1, 0.15) is 0 Å². The van der Waals surface area contributed by atoms with Crippen molar-refractivity contribution in [2.75, 3.05) is 20.8 Å². The van der Waals surface area contributed by atoms with Gasteiger partial charge in [-0.05, 0) is 44.4 Å². The summed E-state index contributed by atoms with van der Waals surface area (Å²) in [6, 6.07) is 13.7. The number of pyridine rings is 3. The Hall–Kier alpha value is -4.33. The van der Waals surface area contributed by atoms with Crippen LogP contribution in [0.25, 0.3) is 39.3 Å². The molecule has 2 aliphatic rings. The summed E-state index contributed by atoms with van der Waals surface area (Å²) < 4.78 is 13.0. The molecule has 0 unspecified atom stereocenters. The fourth-order valence-corrected chi connectivity index (χ4v) is 7.32. The van der Waals surface area contributed by atoms with E-state index in [2.05, 4.69) is 31.0 Å². The van der Waals surface area contributed by atoms with E-state index in [9.17, 15) is 9.90 Å². The molecule has 1 aromatic carbocycles. The molecule has 5 aromatic rings. The quantitative estimate of drug-likeness (QED) is 0.136. The van der Waals surface area contributed by atoms with Gasteiger partial charge >= 0.3 is 0 Å². The van der Waals surface area contributed by atoms with Gasteiger partial charge in [-0.15, -0.1) is 5.10 Å². The Morgan fingerprint density at radius 3 is 2.58 bits per heavy atom. The van der Waals surface area contributed by atoms with Crippen LogP contribution >= 0.6 is 23.2 Å². The molecule has 0 radical (unpaired) electrons. The van der Waals surface area contributed by atoms with Crippen molar-refractivity contribution in [2.45, 2.75) is 63.4 Å². The molecular formula is C36H38Cl2N8O4. The summed E-state index contributed by atoms with van der Waals surface area (Å²) in [5, 5.41) is 25.4. The van der Waals surface area contributed by atoms with Crippen LogP contribution in [0.4, 0.5) is 0 Å². The van der Waals surface area contributed by atoms with Crippen molar-refractivity contribution in [3.63, 3.8) is 0 Å². The minimum Gasteiger partial charge on any atom is -0.493 e. The van der Waals surface area contributed by atoms with E-state index in [1.165, 1.54) is 0 Å². The van der Waals surface area contributed by atoms with Gasteiger partial charge < -0.3 is 30.5 Å². The molecule has 4 aromatic heterocycles. The van der Waals surface area contributed by atoms with Crippen molar-refractivity contribution in [3.05, 3.63) is 76.3 Å². The Bertz CT molecular complexity index is 2060. The highest BCUT2D eigenvalue weighted by Gasteiger charge is 2.38. The Morgan fingerprint density at radius 2 is 1.84 bits per heavy atom. The first-order chi connectivity index (χ1) is 24.1. The summed E-state index contributed by atoms with van der Waals surface area (Å²) in [5.41, 5.74) is 4.89. The first kappa shape index (κ1) is 34.1. The number of nitrogens with one attached hydrogen (secondary N) is 3. The summed E-state index contributed by atoms with van der Waals surface area (Å²) in [6.07, 6.45) is 6.31. The molecule has 2 fully saturated rings. The highest BCUT2D eigenvalue weighted by Crippen LogP contribution is 2.42. The Labute approximate surface area is 299 Å². The number of hydrogen-bond donors (Lipinski definition) is 4. The summed E-state index contributed by atoms with van der Waals surface area (Å²) in [7, 11) is 3.18. The number of carbonyl (C=O) groups is 1. The lowest BCUT2D eigenvalue weighted by molar-refractivity contribution is -0.119. The molecule has 0 spiro atoms. The van der Waals surface area contributed by atoms with Crippen LogP contribution in [0.2, 0.25) is 10.0 Å². The Morgan fingerprint density at radius 1 is 1.04 bits per heavy atom. The first-order valence-electron chi connectivity index (χ1n) is 16.5. The molecule has 1 atom stereocenters. The van der Waals surface area contributed by atoms with Crippen molar-refractivity contribution in [2.24, 2.45) is 0 Å². The minimum atomic E-state index is -0.611. The lowest BCUT2D eigenvalue weighted by Gasteiger charge is -2.41. The van der Waals surface area contributed by atoms with Crippen molar-refractivity contribution in [1.82, 2.24) is 40.5 Å². The van der Waals surface area contributed by atoms with Gasteiger partial charge in [-0.2, -0.15) is 0 Å². The second-order valence-corrected chi connectivity index (χ2v) is 13.8. The molecule has 12 nitrogen and oxygen atoms in total. The molecular weight excluding hydrogens is 679 g/mol. The largest absolute Gasteiger partial charge is 0.493 e. The topological polar surface area (TPSA) is 148 Å². The maximum atomic E-state index is 11.5. The monoisotopic (exact) mass is 716 g/mol. The van der Waals surface area contributed by atoms with Crippen molar-refractivity contribution < 1.29 is 19.4 Å². The van der Waals surface area contributed by atoms with Crippen LogP contribution in [0.1, 0.15) is 44.0 Å². The molecule has 1 saturated carbocycles. The van der Waals surface area contributed by atoms with E-state index in [4.69, 9.17) is 37.7 Å². The molecule has 50 heavy (non-hydrogen) atoms. The molecule has 260 valence electrons. The number of hydrogen-bond acceptors (Lipinski definition) is 10. The zero-order chi connectivity index (χ0) is 35.0. The van der Waals surface area contributed by atoms with Crippen LogP contribution in [0.3, 0.4) is 0 Å². The van der Waals surface area contributed by atoms with Gasteiger partial charge in [0.05, 0.1) is 47.8 Å². The summed E-state index contributed by atoms with van der Waals surface area (Å²) in [4.78, 5) is 25.6. The van der Waals surface area contributed by atoms with Crippen LogP contribution in [-0.4, -0.2) is 74.0 Å². The van der Waals surface area contributed by atoms with E-state index >= 15 is 0 Å². The maximum absolute atomic E-state index is 11.5. The molecule has 1 amide bonds. The number of aromatic nitrogens is 5. The molecule has 5 heterocycles. The zero-order valence-electron chi connectivity index (χ0n) is 28.0. The van der Waals surface area contributed by atoms with Crippen LogP contribution in [0.5, 0.6) is 11.6 Å². The van der Waals surface area contributed by atoms with Crippen LogP contribution in [0.15, 0.2) is 54.9 Å². The number of aliphatic hydroxyl groups is 1. The van der Waals surface area contributed by atoms with Crippen molar-refractivity contribution >= 4 is 34.8 Å². The van der Waals surface area contributed by atoms with E-state index in [1.54, 1.807) is 24.9 Å². The fraction of sp³-hybridized carbons (Fsp3) is 0.361. The average molecular weight is 718 g/mol. The van der Waals surface area contributed by atoms with Gasteiger partial charge in [-0.1, -0.05) is 47.5 Å². The third-order valence-corrected chi connectivity index (χ3v) is 10.0. The number of amides is 1. The third kappa shape index (κ3) is 6.99. The number of fused-ring (bicyclic) bond motifs is 1. The molecule has 4 N–H and O–H groups in total. The minimum absolute atomic E-state index is 0.0942. The van der Waals surface area contributed by atoms with Crippen LogP contribution in [-0.2, 0) is 17.9 Å². The first-order valence-corrected chi connectivity index (χ1v) is 17.2. The van der Waals surface area contributed by atoms with Crippen molar-refractivity contribution in [3.8, 4) is 45.3 Å². The molecule has 1 aliphatic heterocycles. The Balaban J connectivity index is 1.14. The highest BCUT2D eigenvalue weighted by molar-refractivity contribution is 6.39. The van der Waals surface area contributed by atoms with Crippen LogP contribution < -0.4 is 25.4 Å².